The summed E-state index contributed by atoms with van der Waals surface area (Å²) < 4.78 is 17.0. The van der Waals surface area contributed by atoms with Crippen molar-refractivity contribution in [3.63, 3.8) is 0 Å². The fourth-order valence-electron chi connectivity index (χ4n) is 3.13. The van der Waals surface area contributed by atoms with Crippen molar-refractivity contribution in [2.75, 3.05) is 13.2 Å². The molecule has 4 heteroatoms. The molecule has 0 unspecified atom stereocenters. The van der Waals surface area contributed by atoms with Crippen LogP contribution in [0.25, 0.3) is 12.2 Å². The number of ketones is 1. The van der Waals surface area contributed by atoms with Crippen LogP contribution in [0.1, 0.15) is 28.4 Å². The number of hydrogen-bond donors (Lipinski definition) is 0. The van der Waals surface area contributed by atoms with Crippen LogP contribution < -0.4 is 14.2 Å². The van der Waals surface area contributed by atoms with Crippen molar-refractivity contribution in [2.24, 2.45) is 0 Å². The maximum Gasteiger partial charge on any atom is 0.231 e. The largest absolute Gasteiger partial charge is 0.494 e. The zero-order valence-electron chi connectivity index (χ0n) is 16.7. The molecular weight excluding hydrogens is 376 g/mol. The van der Waals surface area contributed by atoms with E-state index in [4.69, 9.17) is 14.2 Å². The van der Waals surface area contributed by atoms with Crippen LogP contribution in [0.4, 0.5) is 0 Å². The molecule has 1 aliphatic heterocycles. The molecule has 3 aromatic carbocycles. The Balaban J connectivity index is 1.41. The average Bonchev–Trinajstić information content (AvgIpc) is 3.08. The lowest BCUT2D eigenvalue weighted by molar-refractivity contribution is 0.101. The number of carbonyl (C=O) groups excluding carboxylic acids is 1. The first kappa shape index (κ1) is 19.5. The van der Waals surface area contributed by atoms with Gasteiger partial charge in [0.15, 0.2) is 5.76 Å². The van der Waals surface area contributed by atoms with Gasteiger partial charge in [0.2, 0.25) is 5.78 Å². The first-order valence-electron chi connectivity index (χ1n) is 9.88. The van der Waals surface area contributed by atoms with Crippen LogP contribution in [0.5, 0.6) is 17.2 Å². The normalized spacial score (nSPS) is 14.0. The predicted molar refractivity (Wildman–Crippen MR) is 118 cm³/mol. The third-order valence-corrected chi connectivity index (χ3v) is 4.59. The topological polar surface area (TPSA) is 44.8 Å². The number of hydrogen-bond acceptors (Lipinski definition) is 4. The van der Waals surface area contributed by atoms with Gasteiger partial charge in [-0.15, -0.1) is 0 Å². The predicted octanol–water partition coefficient (Wildman–Crippen LogP) is 5.79. The Morgan fingerprint density at radius 3 is 2.40 bits per heavy atom. The number of carbonyl (C=O) groups is 1. The third kappa shape index (κ3) is 4.61. The molecule has 0 bridgehead atoms. The van der Waals surface area contributed by atoms with Crippen LogP contribution in [-0.4, -0.2) is 19.0 Å². The van der Waals surface area contributed by atoms with Crippen molar-refractivity contribution in [2.45, 2.75) is 6.92 Å². The number of ether oxygens (including phenoxy) is 3. The van der Waals surface area contributed by atoms with Gasteiger partial charge in [-0.2, -0.15) is 0 Å². The molecule has 0 N–H and O–H groups in total. The van der Waals surface area contributed by atoms with Crippen LogP contribution in [0.2, 0.25) is 0 Å². The Morgan fingerprint density at radius 2 is 1.63 bits per heavy atom. The molecule has 0 atom stereocenters. The van der Waals surface area contributed by atoms with E-state index in [1.165, 1.54) is 0 Å². The van der Waals surface area contributed by atoms with E-state index in [1.54, 1.807) is 24.3 Å². The summed E-state index contributed by atoms with van der Waals surface area (Å²) in [7, 11) is 0. The van der Waals surface area contributed by atoms with E-state index in [1.807, 2.05) is 73.7 Å². The molecule has 150 valence electrons. The second-order valence-corrected chi connectivity index (χ2v) is 6.72. The van der Waals surface area contributed by atoms with Crippen molar-refractivity contribution >= 4 is 17.9 Å². The standard InChI is InChI=1S/C26H22O4/c1-2-28-21-12-10-20(11-13-21)17-25-26(27)23-15-14-22(18-24(23)30-25)29-16-6-9-19-7-4-3-5-8-19/h3-15,17-18H,2,16H2,1H3/b9-6+,25-17-. The smallest absolute Gasteiger partial charge is 0.231 e. The zero-order valence-corrected chi connectivity index (χ0v) is 16.7. The Bertz CT molecular complexity index is 1080. The Hall–Kier alpha value is -3.79. The van der Waals surface area contributed by atoms with Gasteiger partial charge in [0.1, 0.15) is 23.9 Å². The second-order valence-electron chi connectivity index (χ2n) is 6.72. The van der Waals surface area contributed by atoms with Crippen molar-refractivity contribution in [3.05, 3.63) is 101 Å². The average molecular weight is 398 g/mol. The quantitative estimate of drug-likeness (QED) is 0.472. The van der Waals surface area contributed by atoms with Gasteiger partial charge in [-0.25, -0.2) is 0 Å². The summed E-state index contributed by atoms with van der Waals surface area (Å²) in [6.45, 7) is 2.98. The van der Waals surface area contributed by atoms with Gasteiger partial charge in [0.25, 0.3) is 0 Å². The van der Waals surface area contributed by atoms with Gasteiger partial charge < -0.3 is 14.2 Å². The number of Topliss-reactive ketones (excluding diaryl/α,β-unsaturated/α-hetero) is 1. The van der Waals surface area contributed by atoms with Gasteiger partial charge in [-0.05, 0) is 54.5 Å². The minimum absolute atomic E-state index is 0.130. The summed E-state index contributed by atoms with van der Waals surface area (Å²) in [6.07, 6.45) is 5.69. The Labute approximate surface area is 176 Å². The van der Waals surface area contributed by atoms with E-state index in [0.29, 0.717) is 36.0 Å². The molecule has 1 aliphatic rings. The number of rotatable bonds is 7. The minimum atomic E-state index is -0.130. The van der Waals surface area contributed by atoms with Gasteiger partial charge in [0, 0.05) is 6.07 Å². The monoisotopic (exact) mass is 398 g/mol. The van der Waals surface area contributed by atoms with Crippen molar-refractivity contribution in [1.29, 1.82) is 0 Å². The van der Waals surface area contributed by atoms with Crippen molar-refractivity contribution < 1.29 is 19.0 Å². The first-order chi connectivity index (χ1) is 14.7. The Morgan fingerprint density at radius 1 is 0.867 bits per heavy atom. The summed E-state index contributed by atoms with van der Waals surface area (Å²) in [5, 5.41) is 0. The molecule has 0 fully saturated rings. The highest BCUT2D eigenvalue weighted by Crippen LogP contribution is 2.35. The molecule has 4 rings (SSSR count). The van der Waals surface area contributed by atoms with Crippen LogP contribution >= 0.6 is 0 Å². The highest BCUT2D eigenvalue weighted by Gasteiger charge is 2.27. The lowest BCUT2D eigenvalue weighted by Gasteiger charge is -2.05. The SMILES string of the molecule is CCOc1ccc(/C=C2\Oc3cc(OC/C=C/c4ccccc4)ccc3C2=O)cc1. The summed E-state index contributed by atoms with van der Waals surface area (Å²) in [4.78, 5) is 12.6. The molecule has 0 saturated heterocycles. The fraction of sp³-hybridized carbons (Fsp3) is 0.115. The first-order valence-corrected chi connectivity index (χ1v) is 9.88. The van der Waals surface area contributed by atoms with Gasteiger partial charge in [-0.1, -0.05) is 48.5 Å². The maximum absolute atomic E-state index is 12.6. The lowest BCUT2D eigenvalue weighted by Crippen LogP contribution is -1.98. The fourth-order valence-corrected chi connectivity index (χ4v) is 3.13. The molecular formula is C26H22O4. The van der Waals surface area contributed by atoms with E-state index in [2.05, 4.69) is 0 Å². The Kier molecular flexibility index (Phi) is 5.95. The van der Waals surface area contributed by atoms with E-state index in [9.17, 15) is 4.79 Å². The van der Waals surface area contributed by atoms with Crippen LogP contribution in [0.15, 0.2) is 84.6 Å². The molecule has 3 aromatic rings. The molecule has 0 saturated carbocycles. The van der Waals surface area contributed by atoms with E-state index in [-0.39, 0.29) is 5.78 Å². The molecule has 0 amide bonds. The zero-order chi connectivity index (χ0) is 20.8. The number of allylic oxidation sites excluding steroid dienone is 1. The molecule has 0 aromatic heterocycles. The molecule has 4 nitrogen and oxygen atoms in total. The highest BCUT2D eigenvalue weighted by molar-refractivity contribution is 6.14. The molecule has 30 heavy (non-hydrogen) atoms. The summed E-state index contributed by atoms with van der Waals surface area (Å²) in [5.41, 5.74) is 2.53. The van der Waals surface area contributed by atoms with Crippen LogP contribution in [0, 0.1) is 0 Å². The minimum Gasteiger partial charge on any atom is -0.494 e. The number of benzene rings is 3. The maximum atomic E-state index is 12.6. The molecule has 1 heterocycles. The van der Waals surface area contributed by atoms with E-state index in [0.717, 1.165) is 16.9 Å². The lowest BCUT2D eigenvalue weighted by atomic mass is 10.1. The van der Waals surface area contributed by atoms with Crippen LogP contribution in [0.3, 0.4) is 0 Å². The van der Waals surface area contributed by atoms with Crippen molar-refractivity contribution in [3.8, 4) is 17.2 Å². The number of fused-ring (bicyclic) bond motifs is 1. The summed E-state index contributed by atoms with van der Waals surface area (Å²) >= 11 is 0. The van der Waals surface area contributed by atoms with Crippen LogP contribution in [-0.2, 0) is 0 Å². The summed E-state index contributed by atoms with van der Waals surface area (Å²) in [6, 6.07) is 22.9. The molecule has 0 aliphatic carbocycles. The third-order valence-electron chi connectivity index (χ3n) is 4.59. The van der Waals surface area contributed by atoms with Gasteiger partial charge >= 0.3 is 0 Å². The van der Waals surface area contributed by atoms with E-state index < -0.39 is 0 Å². The summed E-state index contributed by atoms with van der Waals surface area (Å²) in [5.74, 6) is 2.14. The van der Waals surface area contributed by atoms with E-state index >= 15 is 0 Å². The van der Waals surface area contributed by atoms with Crippen molar-refractivity contribution in [1.82, 2.24) is 0 Å². The highest BCUT2D eigenvalue weighted by atomic mass is 16.5. The van der Waals surface area contributed by atoms with Gasteiger partial charge in [-0.3, -0.25) is 4.79 Å². The second kappa shape index (κ2) is 9.14. The van der Waals surface area contributed by atoms with Gasteiger partial charge in [0.05, 0.1) is 12.2 Å². The molecule has 0 spiro atoms. The molecule has 0 radical (unpaired) electrons.